The van der Waals surface area contributed by atoms with E-state index in [0.717, 1.165) is 0 Å². The number of benzene rings is 2. The minimum Gasteiger partial charge on any atom is -0.369 e. The number of hydrogen-bond acceptors (Lipinski definition) is 2. The molecule has 1 heterocycles. The first kappa shape index (κ1) is 11.6. The van der Waals surface area contributed by atoms with Crippen LogP contribution in [-0.4, -0.2) is 9.55 Å². The molecule has 3 rings (SSSR count). The van der Waals surface area contributed by atoms with Gasteiger partial charge in [0.05, 0.1) is 11.0 Å². The number of imidazole rings is 1. The summed E-state index contributed by atoms with van der Waals surface area (Å²) >= 11 is 0. The van der Waals surface area contributed by atoms with Crippen LogP contribution in [0.3, 0.4) is 0 Å². The fourth-order valence-corrected chi connectivity index (χ4v) is 2.08. The molecule has 0 bridgehead atoms. The highest BCUT2D eigenvalue weighted by Gasteiger charge is 2.12. The van der Waals surface area contributed by atoms with Crippen molar-refractivity contribution < 1.29 is 8.78 Å². The number of rotatable bonds is 1. The van der Waals surface area contributed by atoms with Crippen molar-refractivity contribution in [2.24, 2.45) is 0 Å². The highest BCUT2D eigenvalue weighted by Crippen LogP contribution is 2.25. The summed E-state index contributed by atoms with van der Waals surface area (Å²) in [4.78, 5) is 4.12. The van der Waals surface area contributed by atoms with Crippen LogP contribution in [0.5, 0.6) is 0 Å². The van der Waals surface area contributed by atoms with Gasteiger partial charge in [-0.1, -0.05) is 0 Å². The lowest BCUT2D eigenvalue weighted by Gasteiger charge is -2.06. The zero-order chi connectivity index (χ0) is 13.6. The molecule has 3 aromatic rings. The number of nitrogens with two attached hydrogens (primary N) is 1. The van der Waals surface area contributed by atoms with Gasteiger partial charge in [-0.25, -0.2) is 13.8 Å². The third-order valence-electron chi connectivity index (χ3n) is 3.05. The summed E-state index contributed by atoms with van der Waals surface area (Å²) in [6.07, 6.45) is 0. The molecule has 3 nitrogen and oxygen atoms in total. The maximum Gasteiger partial charge on any atom is 0.205 e. The second-order valence-electron chi connectivity index (χ2n) is 4.37. The molecule has 0 saturated carbocycles. The van der Waals surface area contributed by atoms with Crippen molar-refractivity contribution in [3.8, 4) is 5.69 Å². The summed E-state index contributed by atoms with van der Waals surface area (Å²) in [6, 6.07) is 8.92. The standard InChI is InChI=1S/C14H11F2N3/c1-8-6-13-12(7-11(8)16)18-14(17)19(13)10-4-2-9(15)3-5-10/h2-7H,1H3,(H2,17,18). The molecule has 2 aromatic carbocycles. The van der Waals surface area contributed by atoms with Crippen molar-refractivity contribution in [1.82, 2.24) is 9.55 Å². The Balaban J connectivity index is 2.31. The molecule has 0 unspecified atom stereocenters. The van der Waals surface area contributed by atoms with Crippen LogP contribution in [0.4, 0.5) is 14.7 Å². The average Bonchev–Trinajstić information content (AvgIpc) is 2.67. The zero-order valence-corrected chi connectivity index (χ0v) is 10.2. The number of aromatic nitrogens is 2. The third-order valence-corrected chi connectivity index (χ3v) is 3.05. The summed E-state index contributed by atoms with van der Waals surface area (Å²) < 4.78 is 28.1. The first-order valence-corrected chi connectivity index (χ1v) is 5.76. The van der Waals surface area contributed by atoms with Crippen molar-refractivity contribution in [1.29, 1.82) is 0 Å². The van der Waals surface area contributed by atoms with Crippen molar-refractivity contribution in [3.05, 3.63) is 53.6 Å². The van der Waals surface area contributed by atoms with Gasteiger partial charge in [0.2, 0.25) is 5.95 Å². The molecule has 5 heteroatoms. The minimum atomic E-state index is -0.325. The van der Waals surface area contributed by atoms with Gasteiger partial charge in [0.15, 0.2) is 0 Å². The van der Waals surface area contributed by atoms with E-state index in [1.54, 1.807) is 29.7 Å². The van der Waals surface area contributed by atoms with Crippen molar-refractivity contribution in [3.63, 3.8) is 0 Å². The highest BCUT2D eigenvalue weighted by atomic mass is 19.1. The topological polar surface area (TPSA) is 43.8 Å². The minimum absolute atomic E-state index is 0.242. The van der Waals surface area contributed by atoms with Gasteiger partial charge in [0, 0.05) is 11.8 Å². The highest BCUT2D eigenvalue weighted by molar-refractivity contribution is 5.81. The van der Waals surface area contributed by atoms with Gasteiger partial charge in [-0.15, -0.1) is 0 Å². The van der Waals surface area contributed by atoms with Crippen LogP contribution in [0, 0.1) is 18.6 Å². The van der Waals surface area contributed by atoms with E-state index in [9.17, 15) is 8.78 Å². The first-order chi connectivity index (χ1) is 9.06. The van der Waals surface area contributed by atoms with Crippen LogP contribution in [-0.2, 0) is 0 Å². The monoisotopic (exact) mass is 259 g/mol. The Morgan fingerprint density at radius 1 is 1.11 bits per heavy atom. The van der Waals surface area contributed by atoms with Crippen LogP contribution in [0.1, 0.15) is 5.56 Å². The molecular formula is C14H11F2N3. The molecule has 0 spiro atoms. The van der Waals surface area contributed by atoms with Crippen LogP contribution in [0.25, 0.3) is 16.7 Å². The molecule has 96 valence electrons. The Bertz CT molecular complexity index is 760. The van der Waals surface area contributed by atoms with Gasteiger partial charge in [0.1, 0.15) is 11.6 Å². The lowest BCUT2D eigenvalue weighted by molar-refractivity contribution is 0.620. The van der Waals surface area contributed by atoms with E-state index in [-0.39, 0.29) is 17.6 Å². The molecule has 0 aliphatic carbocycles. The Labute approximate surface area is 108 Å². The normalized spacial score (nSPS) is 11.1. The lowest BCUT2D eigenvalue weighted by Crippen LogP contribution is -2.00. The molecule has 0 atom stereocenters. The predicted molar refractivity (Wildman–Crippen MR) is 70.1 cm³/mol. The predicted octanol–water partition coefficient (Wildman–Crippen LogP) is 3.19. The Morgan fingerprint density at radius 3 is 2.47 bits per heavy atom. The van der Waals surface area contributed by atoms with Crippen molar-refractivity contribution in [2.45, 2.75) is 6.92 Å². The Hall–Kier alpha value is -2.43. The second kappa shape index (κ2) is 4.05. The molecular weight excluding hydrogens is 248 g/mol. The van der Waals surface area contributed by atoms with Crippen LogP contribution < -0.4 is 5.73 Å². The number of aryl methyl sites for hydroxylation is 1. The number of fused-ring (bicyclic) bond motifs is 1. The van der Waals surface area contributed by atoms with E-state index in [1.165, 1.54) is 18.2 Å². The summed E-state index contributed by atoms with van der Waals surface area (Å²) in [7, 11) is 0. The van der Waals surface area contributed by atoms with E-state index < -0.39 is 0 Å². The van der Waals surface area contributed by atoms with Gasteiger partial charge < -0.3 is 5.73 Å². The van der Waals surface area contributed by atoms with Crippen molar-refractivity contribution >= 4 is 17.0 Å². The first-order valence-electron chi connectivity index (χ1n) is 5.76. The molecule has 0 aliphatic heterocycles. The fraction of sp³-hybridized carbons (Fsp3) is 0.0714. The molecule has 0 saturated heterocycles. The summed E-state index contributed by atoms with van der Waals surface area (Å²) in [5.41, 5.74) is 8.23. The van der Waals surface area contributed by atoms with E-state index in [4.69, 9.17) is 5.73 Å². The summed E-state index contributed by atoms with van der Waals surface area (Å²) in [5.74, 6) is -0.406. The van der Waals surface area contributed by atoms with E-state index in [2.05, 4.69) is 4.98 Å². The van der Waals surface area contributed by atoms with Gasteiger partial charge in [-0.05, 0) is 42.8 Å². The Morgan fingerprint density at radius 2 is 1.79 bits per heavy atom. The molecule has 19 heavy (non-hydrogen) atoms. The van der Waals surface area contributed by atoms with Crippen LogP contribution in [0.15, 0.2) is 36.4 Å². The van der Waals surface area contributed by atoms with Gasteiger partial charge in [-0.2, -0.15) is 0 Å². The average molecular weight is 259 g/mol. The number of hydrogen-bond donors (Lipinski definition) is 1. The van der Waals surface area contributed by atoms with Crippen LogP contribution in [0.2, 0.25) is 0 Å². The number of halogens is 2. The maximum absolute atomic E-state index is 13.5. The molecule has 0 aliphatic rings. The summed E-state index contributed by atoms with van der Waals surface area (Å²) in [6.45, 7) is 1.67. The van der Waals surface area contributed by atoms with Crippen molar-refractivity contribution in [2.75, 3.05) is 5.73 Å². The van der Waals surface area contributed by atoms with Gasteiger partial charge >= 0.3 is 0 Å². The smallest absolute Gasteiger partial charge is 0.205 e. The quantitative estimate of drug-likeness (QED) is 0.729. The number of anilines is 1. The fourth-order valence-electron chi connectivity index (χ4n) is 2.08. The molecule has 1 aromatic heterocycles. The van der Waals surface area contributed by atoms with Gasteiger partial charge in [-0.3, -0.25) is 4.57 Å². The summed E-state index contributed by atoms with van der Waals surface area (Å²) in [5, 5.41) is 0. The molecule has 2 N–H and O–H groups in total. The Kier molecular flexibility index (Phi) is 2.48. The molecule has 0 amide bonds. The van der Waals surface area contributed by atoms with E-state index in [1.807, 2.05) is 0 Å². The lowest BCUT2D eigenvalue weighted by atomic mass is 10.2. The van der Waals surface area contributed by atoms with E-state index >= 15 is 0 Å². The zero-order valence-electron chi connectivity index (χ0n) is 10.2. The second-order valence-corrected chi connectivity index (χ2v) is 4.37. The molecule has 0 fully saturated rings. The number of nitrogens with zero attached hydrogens (tertiary/aromatic N) is 2. The molecule has 0 radical (unpaired) electrons. The SMILES string of the molecule is Cc1cc2c(cc1F)nc(N)n2-c1ccc(F)cc1. The van der Waals surface area contributed by atoms with Gasteiger partial charge in [0.25, 0.3) is 0 Å². The van der Waals surface area contributed by atoms with E-state index in [0.29, 0.717) is 22.3 Å². The third kappa shape index (κ3) is 1.83. The largest absolute Gasteiger partial charge is 0.369 e. The number of nitrogen functional groups attached to an aromatic ring is 1. The van der Waals surface area contributed by atoms with Crippen LogP contribution >= 0.6 is 0 Å². The maximum atomic E-state index is 13.5.